The van der Waals surface area contributed by atoms with Gasteiger partial charge >= 0.3 is 0 Å². The summed E-state index contributed by atoms with van der Waals surface area (Å²) in [6.45, 7) is 11.5. The first-order valence-electron chi connectivity index (χ1n) is 8.55. The maximum Gasteiger partial charge on any atom is 0.254 e. The van der Waals surface area contributed by atoms with E-state index >= 15 is 0 Å². The van der Waals surface area contributed by atoms with Gasteiger partial charge in [-0.25, -0.2) is 0 Å². The van der Waals surface area contributed by atoms with Crippen molar-refractivity contribution in [3.05, 3.63) is 35.4 Å². The number of carbonyl (C=O) groups excluding carboxylic acids is 2. The lowest BCUT2D eigenvalue weighted by molar-refractivity contribution is 0.0560. The molecule has 0 saturated carbocycles. The molecule has 1 saturated heterocycles. The van der Waals surface area contributed by atoms with E-state index < -0.39 is 5.41 Å². The molecule has 0 radical (unpaired) electrons. The molecule has 2 aliphatic heterocycles. The molecule has 23 heavy (non-hydrogen) atoms. The standard InChI is InChI=1S/C19H26N2O2/c1-5-21-16-11-20(10-13(2)3)12-19(16,4)17(22)14-8-6-7-9-15(14)18(21)23/h6-9,13,16H,5,10-12H2,1-4H3/t16-,19+/m1/s1. The van der Waals surface area contributed by atoms with Crippen LogP contribution in [0.3, 0.4) is 0 Å². The van der Waals surface area contributed by atoms with Crippen molar-refractivity contribution in [2.45, 2.75) is 33.7 Å². The third kappa shape index (κ3) is 2.49. The summed E-state index contributed by atoms with van der Waals surface area (Å²) in [6.07, 6.45) is 0. The number of fused-ring (bicyclic) bond motifs is 2. The molecule has 0 bridgehead atoms. The van der Waals surface area contributed by atoms with Gasteiger partial charge in [0.2, 0.25) is 0 Å². The first kappa shape index (κ1) is 16.2. The molecular formula is C19H26N2O2. The lowest BCUT2D eigenvalue weighted by atomic mass is 9.78. The molecule has 4 nitrogen and oxygen atoms in total. The molecule has 1 fully saturated rings. The molecular weight excluding hydrogens is 288 g/mol. The van der Waals surface area contributed by atoms with Crippen LogP contribution in [-0.4, -0.2) is 53.7 Å². The zero-order valence-corrected chi connectivity index (χ0v) is 14.5. The minimum absolute atomic E-state index is 0.00317. The Kier molecular flexibility index (Phi) is 4.05. The quantitative estimate of drug-likeness (QED) is 0.861. The fourth-order valence-corrected chi connectivity index (χ4v) is 4.24. The van der Waals surface area contributed by atoms with Crippen molar-refractivity contribution in [2.24, 2.45) is 11.3 Å². The molecule has 1 aromatic rings. The zero-order valence-electron chi connectivity index (χ0n) is 14.5. The van der Waals surface area contributed by atoms with E-state index in [9.17, 15) is 9.59 Å². The lowest BCUT2D eigenvalue weighted by Gasteiger charge is -2.34. The minimum Gasteiger partial charge on any atom is -0.334 e. The average molecular weight is 314 g/mol. The number of benzene rings is 1. The number of likely N-dealkylation sites (N-methyl/N-ethyl adjacent to an activating group) is 1. The van der Waals surface area contributed by atoms with Gasteiger partial charge < -0.3 is 4.90 Å². The van der Waals surface area contributed by atoms with Crippen LogP contribution in [0, 0.1) is 11.3 Å². The Balaban J connectivity index is 2.07. The second-order valence-electron chi connectivity index (χ2n) is 7.49. The van der Waals surface area contributed by atoms with Gasteiger partial charge in [-0.3, -0.25) is 14.5 Å². The molecule has 0 aromatic heterocycles. The Hall–Kier alpha value is -1.68. The lowest BCUT2D eigenvalue weighted by Crippen LogP contribution is -2.49. The normalized spacial score (nSPS) is 28.0. The topological polar surface area (TPSA) is 40.6 Å². The third-order valence-electron chi connectivity index (χ3n) is 5.24. The van der Waals surface area contributed by atoms with E-state index in [4.69, 9.17) is 0 Å². The number of rotatable bonds is 3. The maximum atomic E-state index is 13.3. The largest absolute Gasteiger partial charge is 0.334 e. The second kappa shape index (κ2) is 5.75. The molecule has 124 valence electrons. The van der Waals surface area contributed by atoms with E-state index in [-0.39, 0.29) is 17.7 Å². The van der Waals surface area contributed by atoms with Crippen LogP contribution in [0.15, 0.2) is 24.3 Å². The van der Waals surface area contributed by atoms with Crippen LogP contribution in [0.2, 0.25) is 0 Å². The summed E-state index contributed by atoms with van der Waals surface area (Å²) in [5.41, 5.74) is 0.630. The summed E-state index contributed by atoms with van der Waals surface area (Å²) in [5, 5.41) is 0. The number of hydrogen-bond acceptors (Lipinski definition) is 3. The molecule has 1 amide bonds. The molecule has 0 N–H and O–H groups in total. The summed E-state index contributed by atoms with van der Waals surface area (Å²) >= 11 is 0. The number of hydrogen-bond donors (Lipinski definition) is 0. The van der Waals surface area contributed by atoms with Crippen molar-refractivity contribution in [3.63, 3.8) is 0 Å². The molecule has 0 aliphatic carbocycles. The number of carbonyl (C=O) groups is 2. The Morgan fingerprint density at radius 1 is 1.22 bits per heavy atom. The summed E-state index contributed by atoms with van der Waals surface area (Å²) < 4.78 is 0. The fraction of sp³-hybridized carbons (Fsp3) is 0.579. The number of nitrogens with zero attached hydrogens (tertiary/aromatic N) is 2. The first-order valence-corrected chi connectivity index (χ1v) is 8.55. The predicted octanol–water partition coefficient (Wildman–Crippen LogP) is 2.69. The number of Topliss-reactive ketones (excluding diaryl/α,β-unsaturated/α-hetero) is 1. The van der Waals surface area contributed by atoms with Gasteiger partial charge in [-0.2, -0.15) is 0 Å². The second-order valence-corrected chi connectivity index (χ2v) is 7.49. The number of amides is 1. The summed E-state index contributed by atoms with van der Waals surface area (Å²) in [5.74, 6) is 0.666. The Morgan fingerprint density at radius 3 is 2.48 bits per heavy atom. The van der Waals surface area contributed by atoms with E-state index in [2.05, 4.69) is 18.7 Å². The summed E-state index contributed by atoms with van der Waals surface area (Å²) in [7, 11) is 0. The van der Waals surface area contributed by atoms with Crippen LogP contribution in [-0.2, 0) is 0 Å². The van der Waals surface area contributed by atoms with Crippen molar-refractivity contribution in [1.29, 1.82) is 0 Å². The highest BCUT2D eigenvalue weighted by Gasteiger charge is 2.54. The van der Waals surface area contributed by atoms with Crippen LogP contribution in [0.4, 0.5) is 0 Å². The molecule has 1 aromatic carbocycles. The predicted molar refractivity (Wildman–Crippen MR) is 90.7 cm³/mol. The average Bonchev–Trinajstić information content (AvgIpc) is 2.81. The van der Waals surface area contributed by atoms with Gasteiger partial charge in [-0.15, -0.1) is 0 Å². The van der Waals surface area contributed by atoms with E-state index in [1.165, 1.54) is 0 Å². The van der Waals surface area contributed by atoms with Gasteiger partial charge in [0.25, 0.3) is 5.91 Å². The zero-order chi connectivity index (χ0) is 16.8. The van der Waals surface area contributed by atoms with Crippen molar-refractivity contribution in [1.82, 2.24) is 9.80 Å². The van der Waals surface area contributed by atoms with Crippen LogP contribution < -0.4 is 0 Å². The van der Waals surface area contributed by atoms with Crippen molar-refractivity contribution in [2.75, 3.05) is 26.2 Å². The molecule has 3 rings (SSSR count). The minimum atomic E-state index is -0.521. The maximum absolute atomic E-state index is 13.3. The smallest absolute Gasteiger partial charge is 0.254 e. The van der Waals surface area contributed by atoms with Gasteiger partial charge in [0.05, 0.1) is 17.0 Å². The third-order valence-corrected chi connectivity index (χ3v) is 5.24. The molecule has 0 spiro atoms. The summed E-state index contributed by atoms with van der Waals surface area (Å²) in [4.78, 5) is 30.5. The fourth-order valence-electron chi connectivity index (χ4n) is 4.24. The first-order chi connectivity index (χ1) is 10.9. The monoisotopic (exact) mass is 314 g/mol. The SMILES string of the molecule is CCN1C(=O)c2ccccc2C(=O)[C@@]2(C)CN(CC(C)C)C[C@@H]12. The van der Waals surface area contributed by atoms with Crippen molar-refractivity contribution < 1.29 is 9.59 Å². The van der Waals surface area contributed by atoms with Gasteiger partial charge in [0.1, 0.15) is 0 Å². The molecule has 2 aliphatic rings. The van der Waals surface area contributed by atoms with Gasteiger partial charge in [0.15, 0.2) is 5.78 Å². The van der Waals surface area contributed by atoms with Gasteiger partial charge in [0, 0.05) is 31.7 Å². The highest BCUT2D eigenvalue weighted by atomic mass is 16.2. The molecule has 2 atom stereocenters. The number of likely N-dealkylation sites (tertiary alicyclic amines) is 1. The van der Waals surface area contributed by atoms with Gasteiger partial charge in [-0.1, -0.05) is 32.0 Å². The highest BCUT2D eigenvalue weighted by molar-refractivity contribution is 6.12. The van der Waals surface area contributed by atoms with Crippen molar-refractivity contribution in [3.8, 4) is 0 Å². The van der Waals surface area contributed by atoms with E-state index in [0.717, 1.165) is 19.6 Å². The van der Waals surface area contributed by atoms with Crippen LogP contribution >= 0.6 is 0 Å². The van der Waals surface area contributed by atoms with Crippen LogP contribution in [0.1, 0.15) is 48.4 Å². The molecule has 0 unspecified atom stereocenters. The molecule has 4 heteroatoms. The Morgan fingerprint density at radius 2 is 1.87 bits per heavy atom. The Labute approximate surface area is 138 Å². The van der Waals surface area contributed by atoms with Gasteiger partial charge in [-0.05, 0) is 25.8 Å². The van der Waals surface area contributed by atoms with Crippen LogP contribution in [0.5, 0.6) is 0 Å². The van der Waals surface area contributed by atoms with E-state index in [1.54, 1.807) is 6.07 Å². The van der Waals surface area contributed by atoms with E-state index in [1.807, 2.05) is 36.9 Å². The van der Waals surface area contributed by atoms with Crippen molar-refractivity contribution >= 4 is 11.7 Å². The highest BCUT2D eigenvalue weighted by Crippen LogP contribution is 2.41. The number of ketones is 1. The summed E-state index contributed by atoms with van der Waals surface area (Å²) in [6, 6.07) is 7.24. The van der Waals surface area contributed by atoms with E-state index in [0.29, 0.717) is 23.6 Å². The Bertz CT molecular complexity index is 640. The van der Waals surface area contributed by atoms with Crippen LogP contribution in [0.25, 0.3) is 0 Å². The molecule has 2 heterocycles.